The number of carbonyl (C=O) groups excluding carboxylic acids is 1. The number of nitrogens with zero attached hydrogens (tertiary/aromatic N) is 3. The van der Waals surface area contributed by atoms with E-state index in [9.17, 15) is 22.8 Å². The van der Waals surface area contributed by atoms with E-state index in [0.29, 0.717) is 5.69 Å². The second-order valence-corrected chi connectivity index (χ2v) is 8.07. The summed E-state index contributed by atoms with van der Waals surface area (Å²) in [7, 11) is 0. The molecule has 0 saturated carbocycles. The Kier molecular flexibility index (Phi) is 5.97. The van der Waals surface area contributed by atoms with E-state index in [1.54, 1.807) is 6.07 Å². The van der Waals surface area contributed by atoms with Gasteiger partial charge in [0.25, 0.3) is 5.91 Å². The topological polar surface area (TPSA) is 67.2 Å². The fraction of sp³-hybridized carbons (Fsp3) is 0.292. The van der Waals surface area contributed by atoms with E-state index >= 15 is 0 Å². The van der Waals surface area contributed by atoms with Crippen molar-refractivity contribution < 1.29 is 18.0 Å². The summed E-state index contributed by atoms with van der Waals surface area (Å²) in [6.07, 6.45) is -2.34. The van der Waals surface area contributed by atoms with Gasteiger partial charge >= 0.3 is 6.18 Å². The molecule has 2 aromatic carbocycles. The van der Waals surface area contributed by atoms with E-state index < -0.39 is 28.8 Å². The Morgan fingerprint density at radius 3 is 2.39 bits per heavy atom. The Balaban J connectivity index is 1.67. The van der Waals surface area contributed by atoms with Gasteiger partial charge in [0, 0.05) is 36.2 Å². The smallest absolute Gasteiger partial charge is 0.372 e. The van der Waals surface area contributed by atoms with Crippen LogP contribution < -0.4 is 15.6 Å². The van der Waals surface area contributed by atoms with Gasteiger partial charge in [0.2, 0.25) is 5.43 Å². The van der Waals surface area contributed by atoms with Gasteiger partial charge in [-0.2, -0.15) is 18.3 Å². The van der Waals surface area contributed by atoms with Crippen molar-refractivity contribution >= 4 is 17.3 Å². The minimum absolute atomic E-state index is 0.180. The lowest BCUT2D eigenvalue weighted by atomic mass is 10.1. The summed E-state index contributed by atoms with van der Waals surface area (Å²) in [5, 5.41) is 6.68. The number of halogens is 3. The molecule has 172 valence electrons. The molecule has 2 heterocycles. The van der Waals surface area contributed by atoms with E-state index in [4.69, 9.17) is 0 Å². The van der Waals surface area contributed by atoms with Crippen molar-refractivity contribution in [3.63, 3.8) is 0 Å². The molecular weight excluding hydrogens is 433 g/mol. The lowest BCUT2D eigenvalue weighted by Gasteiger charge is -2.19. The number of anilines is 2. The Labute approximate surface area is 188 Å². The maximum Gasteiger partial charge on any atom is 0.418 e. The van der Waals surface area contributed by atoms with Gasteiger partial charge in [0.05, 0.1) is 11.3 Å². The second kappa shape index (κ2) is 8.73. The largest absolute Gasteiger partial charge is 0.418 e. The number of hydrogen-bond acceptors (Lipinski definition) is 4. The molecule has 0 atom stereocenters. The maximum absolute atomic E-state index is 13.5. The summed E-state index contributed by atoms with van der Waals surface area (Å²) in [6, 6.07) is 11.6. The molecule has 33 heavy (non-hydrogen) atoms. The Hall–Kier alpha value is -3.62. The van der Waals surface area contributed by atoms with Crippen LogP contribution in [0.5, 0.6) is 0 Å². The van der Waals surface area contributed by atoms with Crippen molar-refractivity contribution in [1.82, 2.24) is 9.78 Å². The van der Waals surface area contributed by atoms with Gasteiger partial charge in [-0.15, -0.1) is 0 Å². The number of rotatable bonds is 4. The first-order valence-electron chi connectivity index (χ1n) is 10.6. The fourth-order valence-electron chi connectivity index (χ4n) is 3.99. The molecule has 0 bridgehead atoms. The molecule has 0 radical (unpaired) electrons. The van der Waals surface area contributed by atoms with Crippen LogP contribution in [0.1, 0.15) is 40.2 Å². The molecule has 1 amide bonds. The third-order valence-corrected chi connectivity index (χ3v) is 5.69. The number of para-hydroxylation sites is 1. The third-order valence-electron chi connectivity index (χ3n) is 5.69. The number of nitrogens with one attached hydrogen (secondary N) is 1. The number of carbonyl (C=O) groups is 1. The van der Waals surface area contributed by atoms with Crippen molar-refractivity contribution in [2.75, 3.05) is 23.3 Å². The highest BCUT2D eigenvalue weighted by molar-refractivity contribution is 6.03. The van der Waals surface area contributed by atoms with Gasteiger partial charge in [-0.3, -0.25) is 9.59 Å². The van der Waals surface area contributed by atoms with Gasteiger partial charge < -0.3 is 10.2 Å². The van der Waals surface area contributed by atoms with Gasteiger partial charge in [-0.25, -0.2) is 4.68 Å². The molecule has 1 saturated heterocycles. The van der Waals surface area contributed by atoms with Crippen LogP contribution in [0.15, 0.2) is 53.3 Å². The summed E-state index contributed by atoms with van der Waals surface area (Å²) in [5.41, 5.74) is 0.223. The first-order chi connectivity index (χ1) is 15.6. The fourth-order valence-corrected chi connectivity index (χ4v) is 3.99. The van der Waals surface area contributed by atoms with Crippen molar-refractivity contribution in [3.05, 3.63) is 81.3 Å². The molecule has 1 aliphatic rings. The van der Waals surface area contributed by atoms with E-state index in [2.05, 4.69) is 15.3 Å². The molecule has 0 spiro atoms. The quantitative estimate of drug-likeness (QED) is 0.617. The molecule has 1 N–H and O–H groups in total. The molecule has 1 aromatic heterocycles. The van der Waals surface area contributed by atoms with Crippen molar-refractivity contribution in [2.24, 2.45) is 0 Å². The summed E-state index contributed by atoms with van der Waals surface area (Å²) in [6.45, 7) is 5.27. The van der Waals surface area contributed by atoms with E-state index in [1.165, 1.54) is 25.1 Å². The van der Waals surface area contributed by atoms with E-state index in [0.717, 1.165) is 54.0 Å². The molecule has 1 fully saturated rings. The number of aromatic nitrogens is 2. The standard InChI is InChI=1S/C24H23F3N4O2/c1-15-13-17(30-11-5-6-12-30)9-10-19(15)28-23(33)22-21(32)14-16(2)31(29-22)20-8-4-3-7-18(20)24(25,26)27/h3-4,7-10,13-14H,5-6,11-12H2,1-2H3,(H,28,33). The highest BCUT2D eigenvalue weighted by Crippen LogP contribution is 2.33. The van der Waals surface area contributed by atoms with Crippen LogP contribution in [0, 0.1) is 13.8 Å². The predicted octanol–water partition coefficient (Wildman–Crippen LogP) is 4.72. The van der Waals surface area contributed by atoms with E-state index in [-0.39, 0.29) is 11.4 Å². The second-order valence-electron chi connectivity index (χ2n) is 8.07. The zero-order valence-electron chi connectivity index (χ0n) is 18.2. The van der Waals surface area contributed by atoms with E-state index in [1.807, 2.05) is 19.1 Å². The van der Waals surface area contributed by atoms with Crippen LogP contribution >= 0.6 is 0 Å². The number of aryl methyl sites for hydroxylation is 2. The van der Waals surface area contributed by atoms with Crippen molar-refractivity contribution in [3.8, 4) is 5.69 Å². The van der Waals surface area contributed by atoms with Gasteiger partial charge in [-0.05, 0) is 62.6 Å². The molecule has 3 aromatic rings. The summed E-state index contributed by atoms with van der Waals surface area (Å²) < 4.78 is 41.5. The monoisotopic (exact) mass is 456 g/mol. The molecule has 0 unspecified atom stereocenters. The lowest BCUT2D eigenvalue weighted by molar-refractivity contribution is -0.137. The summed E-state index contributed by atoms with van der Waals surface area (Å²) in [4.78, 5) is 27.6. The minimum Gasteiger partial charge on any atom is -0.372 e. The Morgan fingerprint density at radius 2 is 1.73 bits per heavy atom. The number of amides is 1. The van der Waals surface area contributed by atoms with Crippen LogP contribution in [-0.4, -0.2) is 28.8 Å². The third kappa shape index (κ3) is 4.62. The highest BCUT2D eigenvalue weighted by Gasteiger charge is 2.34. The highest BCUT2D eigenvalue weighted by atomic mass is 19.4. The maximum atomic E-state index is 13.5. The molecule has 6 nitrogen and oxygen atoms in total. The molecule has 1 aliphatic heterocycles. The Morgan fingerprint density at radius 1 is 1.03 bits per heavy atom. The molecule has 0 aliphatic carbocycles. The molecule has 4 rings (SSSR count). The zero-order valence-corrected chi connectivity index (χ0v) is 18.2. The van der Waals surface area contributed by atoms with Gasteiger partial charge in [0.15, 0.2) is 5.69 Å². The number of alkyl halides is 3. The average molecular weight is 456 g/mol. The summed E-state index contributed by atoms with van der Waals surface area (Å²) >= 11 is 0. The van der Waals surface area contributed by atoms with Crippen molar-refractivity contribution in [2.45, 2.75) is 32.9 Å². The van der Waals surface area contributed by atoms with Gasteiger partial charge in [0.1, 0.15) is 0 Å². The van der Waals surface area contributed by atoms with Crippen LogP contribution in [0.2, 0.25) is 0 Å². The minimum atomic E-state index is -4.62. The first kappa shape index (κ1) is 22.6. The first-order valence-corrected chi connectivity index (χ1v) is 10.6. The SMILES string of the molecule is Cc1cc(N2CCCC2)ccc1NC(=O)c1nn(-c2ccccc2C(F)(F)F)c(C)cc1=O. The average Bonchev–Trinajstić information content (AvgIpc) is 3.29. The lowest BCUT2D eigenvalue weighted by Crippen LogP contribution is -2.28. The van der Waals surface area contributed by atoms with Crippen LogP contribution in [0.4, 0.5) is 24.5 Å². The molecule has 9 heteroatoms. The normalized spacial score (nSPS) is 13.9. The van der Waals surface area contributed by atoms with Crippen molar-refractivity contribution in [1.29, 1.82) is 0 Å². The van der Waals surface area contributed by atoms with Crippen LogP contribution in [-0.2, 0) is 6.18 Å². The molecular formula is C24H23F3N4O2. The predicted molar refractivity (Wildman–Crippen MR) is 120 cm³/mol. The number of benzene rings is 2. The Bertz CT molecular complexity index is 1260. The van der Waals surface area contributed by atoms with Crippen LogP contribution in [0.25, 0.3) is 5.69 Å². The van der Waals surface area contributed by atoms with Crippen LogP contribution in [0.3, 0.4) is 0 Å². The van der Waals surface area contributed by atoms with Gasteiger partial charge in [-0.1, -0.05) is 12.1 Å². The number of hydrogen-bond donors (Lipinski definition) is 1. The zero-order chi connectivity index (χ0) is 23.8. The summed E-state index contributed by atoms with van der Waals surface area (Å²) in [5.74, 6) is -0.782.